The normalized spacial score (nSPS) is 12.3. The van der Waals surface area contributed by atoms with Crippen molar-refractivity contribution in [2.24, 2.45) is 0 Å². The fraction of sp³-hybridized carbons (Fsp3) is 0.267. The van der Waals surface area contributed by atoms with Crippen LogP contribution in [-0.2, 0) is 5.75 Å². The lowest BCUT2D eigenvalue weighted by Gasteiger charge is -2.08. The third-order valence-electron chi connectivity index (χ3n) is 2.76. The predicted molar refractivity (Wildman–Crippen MR) is 75.5 cm³/mol. The van der Waals surface area contributed by atoms with Gasteiger partial charge in [0.2, 0.25) is 0 Å². The van der Waals surface area contributed by atoms with Crippen molar-refractivity contribution in [1.82, 2.24) is 4.98 Å². The summed E-state index contributed by atoms with van der Waals surface area (Å²) in [6.45, 7) is 1.96. The van der Waals surface area contributed by atoms with E-state index in [4.69, 9.17) is 0 Å². The maximum atomic E-state index is 9.68. The molecule has 2 nitrogen and oxygen atoms in total. The lowest BCUT2D eigenvalue weighted by molar-refractivity contribution is 0.173. The average molecular weight is 259 g/mol. The van der Waals surface area contributed by atoms with Gasteiger partial charge in [-0.15, -0.1) is 11.8 Å². The van der Waals surface area contributed by atoms with Crippen molar-refractivity contribution in [2.75, 3.05) is 0 Å². The van der Waals surface area contributed by atoms with Crippen LogP contribution in [0, 0.1) is 0 Å². The number of aromatic nitrogens is 1. The summed E-state index contributed by atoms with van der Waals surface area (Å²) in [4.78, 5) is 4.37. The molecule has 1 heterocycles. The quantitative estimate of drug-likeness (QED) is 0.829. The van der Waals surface area contributed by atoms with Crippen LogP contribution in [0.2, 0.25) is 0 Å². The fourth-order valence-electron chi connectivity index (χ4n) is 1.64. The van der Waals surface area contributed by atoms with Gasteiger partial charge in [-0.1, -0.05) is 43.3 Å². The molecule has 2 rings (SSSR count). The van der Waals surface area contributed by atoms with Crippen molar-refractivity contribution in [3.05, 3.63) is 59.8 Å². The molecule has 1 N–H and O–H groups in total. The van der Waals surface area contributed by atoms with E-state index in [2.05, 4.69) is 17.1 Å². The highest BCUT2D eigenvalue weighted by atomic mass is 32.2. The molecule has 0 aliphatic carbocycles. The van der Waals surface area contributed by atoms with Crippen molar-refractivity contribution >= 4 is 11.8 Å². The lowest BCUT2D eigenvalue weighted by Crippen LogP contribution is -1.95. The molecular weight excluding hydrogens is 242 g/mol. The van der Waals surface area contributed by atoms with E-state index in [0.29, 0.717) is 0 Å². The number of thioether (sulfide) groups is 1. The SMILES string of the molecule is CCC(O)c1ccc(SCc2ccccc2)nc1. The maximum Gasteiger partial charge on any atom is 0.0963 e. The first kappa shape index (κ1) is 13.1. The fourth-order valence-corrected chi connectivity index (χ4v) is 2.44. The summed E-state index contributed by atoms with van der Waals surface area (Å²) in [5.74, 6) is 0.920. The number of aliphatic hydroxyl groups excluding tert-OH is 1. The molecule has 0 aliphatic heterocycles. The molecule has 1 aromatic carbocycles. The molecule has 18 heavy (non-hydrogen) atoms. The van der Waals surface area contributed by atoms with Crippen LogP contribution >= 0.6 is 11.8 Å². The number of aliphatic hydroxyl groups is 1. The minimum Gasteiger partial charge on any atom is -0.388 e. The monoisotopic (exact) mass is 259 g/mol. The standard InChI is InChI=1S/C15H17NOS/c1-2-14(17)13-8-9-15(16-10-13)18-11-12-6-4-3-5-7-12/h3-10,14,17H,2,11H2,1H3. The summed E-state index contributed by atoms with van der Waals surface area (Å²) in [6.07, 6.45) is 2.09. The highest BCUT2D eigenvalue weighted by Gasteiger charge is 2.05. The molecular formula is C15H17NOS. The Bertz CT molecular complexity index is 470. The zero-order valence-electron chi connectivity index (χ0n) is 10.4. The zero-order chi connectivity index (χ0) is 12.8. The first-order valence-electron chi connectivity index (χ1n) is 6.10. The summed E-state index contributed by atoms with van der Waals surface area (Å²) in [6, 6.07) is 14.3. The second-order valence-electron chi connectivity index (χ2n) is 4.13. The summed E-state index contributed by atoms with van der Waals surface area (Å²) < 4.78 is 0. The van der Waals surface area contributed by atoms with E-state index in [1.54, 1.807) is 18.0 Å². The Hall–Kier alpha value is -1.32. The van der Waals surface area contributed by atoms with Crippen LogP contribution < -0.4 is 0 Å². The second kappa shape index (κ2) is 6.57. The average Bonchev–Trinajstić information content (AvgIpc) is 2.46. The van der Waals surface area contributed by atoms with Gasteiger partial charge in [0.25, 0.3) is 0 Å². The Labute approximate surface area is 112 Å². The molecule has 0 saturated carbocycles. The number of benzene rings is 1. The van der Waals surface area contributed by atoms with Gasteiger partial charge in [0.05, 0.1) is 11.1 Å². The predicted octanol–water partition coefficient (Wildman–Crippen LogP) is 3.82. The van der Waals surface area contributed by atoms with Gasteiger partial charge in [0.15, 0.2) is 0 Å². The van der Waals surface area contributed by atoms with Crippen LogP contribution in [0.4, 0.5) is 0 Å². The number of hydrogen-bond acceptors (Lipinski definition) is 3. The first-order chi connectivity index (χ1) is 8.79. The Morgan fingerprint density at radius 2 is 1.94 bits per heavy atom. The van der Waals surface area contributed by atoms with E-state index in [0.717, 1.165) is 22.8 Å². The Balaban J connectivity index is 1.94. The highest BCUT2D eigenvalue weighted by Crippen LogP contribution is 2.22. The van der Waals surface area contributed by atoms with Crippen molar-refractivity contribution in [2.45, 2.75) is 30.2 Å². The zero-order valence-corrected chi connectivity index (χ0v) is 11.2. The molecule has 0 spiro atoms. The first-order valence-corrected chi connectivity index (χ1v) is 7.09. The van der Waals surface area contributed by atoms with Crippen molar-refractivity contribution in [3.8, 4) is 0 Å². The van der Waals surface area contributed by atoms with Gasteiger partial charge in [0, 0.05) is 11.9 Å². The summed E-state index contributed by atoms with van der Waals surface area (Å²) in [7, 11) is 0. The van der Waals surface area contributed by atoms with E-state index in [-0.39, 0.29) is 0 Å². The van der Waals surface area contributed by atoms with Crippen LogP contribution in [-0.4, -0.2) is 10.1 Å². The van der Waals surface area contributed by atoms with Gasteiger partial charge in [-0.25, -0.2) is 4.98 Å². The molecule has 0 radical (unpaired) electrons. The van der Waals surface area contributed by atoms with Crippen LogP contribution in [0.5, 0.6) is 0 Å². The molecule has 0 saturated heterocycles. The Morgan fingerprint density at radius 3 is 2.56 bits per heavy atom. The molecule has 3 heteroatoms. The van der Waals surface area contributed by atoms with Crippen molar-refractivity contribution in [3.63, 3.8) is 0 Å². The van der Waals surface area contributed by atoms with Crippen molar-refractivity contribution < 1.29 is 5.11 Å². The highest BCUT2D eigenvalue weighted by molar-refractivity contribution is 7.98. The number of rotatable bonds is 5. The summed E-state index contributed by atoms with van der Waals surface area (Å²) >= 11 is 1.71. The molecule has 2 aromatic rings. The van der Waals surface area contributed by atoms with E-state index in [1.165, 1.54) is 5.56 Å². The van der Waals surface area contributed by atoms with Crippen LogP contribution in [0.25, 0.3) is 0 Å². The summed E-state index contributed by atoms with van der Waals surface area (Å²) in [5, 5.41) is 10.7. The van der Waals surface area contributed by atoms with Gasteiger partial charge >= 0.3 is 0 Å². The van der Waals surface area contributed by atoms with Crippen LogP contribution in [0.3, 0.4) is 0 Å². The largest absolute Gasteiger partial charge is 0.388 e. The van der Waals surface area contributed by atoms with Gasteiger partial charge in [-0.2, -0.15) is 0 Å². The van der Waals surface area contributed by atoms with E-state index < -0.39 is 6.10 Å². The summed E-state index contributed by atoms with van der Waals surface area (Å²) in [5.41, 5.74) is 2.18. The lowest BCUT2D eigenvalue weighted by atomic mass is 10.1. The number of nitrogens with zero attached hydrogens (tertiary/aromatic N) is 1. The molecule has 0 aliphatic rings. The minimum absolute atomic E-state index is 0.398. The minimum atomic E-state index is -0.398. The molecule has 1 atom stereocenters. The molecule has 0 amide bonds. The Morgan fingerprint density at radius 1 is 1.17 bits per heavy atom. The topological polar surface area (TPSA) is 33.1 Å². The van der Waals surface area contributed by atoms with E-state index in [1.807, 2.05) is 37.3 Å². The molecule has 94 valence electrons. The van der Waals surface area contributed by atoms with Crippen LogP contribution in [0.1, 0.15) is 30.6 Å². The molecule has 0 bridgehead atoms. The molecule has 0 fully saturated rings. The molecule has 1 unspecified atom stereocenters. The van der Waals surface area contributed by atoms with Gasteiger partial charge < -0.3 is 5.11 Å². The van der Waals surface area contributed by atoms with E-state index >= 15 is 0 Å². The maximum absolute atomic E-state index is 9.68. The number of hydrogen-bond donors (Lipinski definition) is 1. The van der Waals surface area contributed by atoms with Gasteiger partial charge in [-0.05, 0) is 23.6 Å². The van der Waals surface area contributed by atoms with Crippen molar-refractivity contribution in [1.29, 1.82) is 0 Å². The van der Waals surface area contributed by atoms with Gasteiger partial charge in [-0.3, -0.25) is 0 Å². The Kier molecular flexibility index (Phi) is 4.79. The third-order valence-corrected chi connectivity index (χ3v) is 3.78. The number of pyridine rings is 1. The third kappa shape index (κ3) is 3.59. The smallest absolute Gasteiger partial charge is 0.0963 e. The van der Waals surface area contributed by atoms with E-state index in [9.17, 15) is 5.11 Å². The van der Waals surface area contributed by atoms with Gasteiger partial charge in [0.1, 0.15) is 0 Å². The molecule has 1 aromatic heterocycles. The second-order valence-corrected chi connectivity index (χ2v) is 5.12. The van der Waals surface area contributed by atoms with Crippen LogP contribution in [0.15, 0.2) is 53.7 Å².